The number of likely N-dealkylation sites (N-methyl/N-ethyl adjacent to an activating group) is 1. The first-order valence-electron chi connectivity index (χ1n) is 8.51. The number of para-hydroxylation sites is 1. The first-order chi connectivity index (χ1) is 12.6. The van der Waals surface area contributed by atoms with Gasteiger partial charge in [0, 0.05) is 19.3 Å². The van der Waals surface area contributed by atoms with Gasteiger partial charge >= 0.3 is 6.03 Å². The molecule has 0 unspecified atom stereocenters. The Bertz CT molecular complexity index is 792. The van der Waals surface area contributed by atoms with Gasteiger partial charge in [-0.05, 0) is 24.1 Å². The Balaban J connectivity index is 1.73. The van der Waals surface area contributed by atoms with Crippen molar-refractivity contribution in [1.29, 1.82) is 0 Å². The van der Waals surface area contributed by atoms with Gasteiger partial charge in [0.05, 0.1) is 0 Å². The predicted molar refractivity (Wildman–Crippen MR) is 98.7 cm³/mol. The highest BCUT2D eigenvalue weighted by Gasteiger charge is 2.35. The van der Waals surface area contributed by atoms with E-state index in [4.69, 9.17) is 0 Å². The molecule has 2 aromatic carbocycles. The van der Waals surface area contributed by atoms with E-state index in [1.54, 1.807) is 4.90 Å². The first kappa shape index (κ1) is 17.7. The van der Waals surface area contributed by atoms with Crippen molar-refractivity contribution in [1.82, 2.24) is 9.80 Å². The Morgan fingerprint density at radius 1 is 1.00 bits per heavy atom. The van der Waals surface area contributed by atoms with E-state index in [0.717, 1.165) is 16.2 Å². The van der Waals surface area contributed by atoms with Crippen LogP contribution in [0, 0.1) is 0 Å². The van der Waals surface area contributed by atoms with Gasteiger partial charge < -0.3 is 9.80 Å². The fraction of sp³-hybridized carbons (Fsp3) is 0.250. The number of anilines is 1. The fourth-order valence-electron chi connectivity index (χ4n) is 2.92. The SMILES string of the molecule is CN1C(=O)CN(CC(=O)N(CCc2ccccc2)c2ccccc2)C1=O. The van der Waals surface area contributed by atoms with Crippen molar-refractivity contribution < 1.29 is 14.4 Å². The minimum absolute atomic E-state index is 0.0532. The lowest BCUT2D eigenvalue weighted by Gasteiger charge is -2.25. The van der Waals surface area contributed by atoms with Crippen molar-refractivity contribution in [2.24, 2.45) is 0 Å². The van der Waals surface area contributed by atoms with Gasteiger partial charge in [0.25, 0.3) is 0 Å². The second-order valence-corrected chi connectivity index (χ2v) is 6.21. The van der Waals surface area contributed by atoms with Crippen molar-refractivity contribution >= 4 is 23.5 Å². The number of nitrogens with zero attached hydrogens (tertiary/aromatic N) is 3. The van der Waals surface area contributed by atoms with Crippen LogP contribution in [0.25, 0.3) is 0 Å². The summed E-state index contributed by atoms with van der Waals surface area (Å²) in [6, 6.07) is 18.9. The third kappa shape index (κ3) is 3.91. The van der Waals surface area contributed by atoms with Crippen molar-refractivity contribution in [3.63, 3.8) is 0 Å². The molecule has 0 atom stereocenters. The highest BCUT2D eigenvalue weighted by atomic mass is 16.2. The maximum absolute atomic E-state index is 12.9. The number of urea groups is 1. The summed E-state index contributed by atoms with van der Waals surface area (Å²) in [5.41, 5.74) is 1.91. The number of hydrogen-bond donors (Lipinski definition) is 0. The van der Waals surface area contributed by atoms with Crippen LogP contribution >= 0.6 is 0 Å². The fourth-order valence-corrected chi connectivity index (χ4v) is 2.92. The van der Waals surface area contributed by atoms with Crippen molar-refractivity contribution in [3.8, 4) is 0 Å². The highest BCUT2D eigenvalue weighted by molar-refractivity contribution is 6.04. The number of hydrogen-bond acceptors (Lipinski definition) is 3. The Labute approximate surface area is 152 Å². The van der Waals surface area contributed by atoms with Gasteiger partial charge in [-0.1, -0.05) is 48.5 Å². The average Bonchev–Trinajstić information content (AvgIpc) is 2.90. The number of carbonyl (C=O) groups excluding carboxylic acids is 3. The topological polar surface area (TPSA) is 60.9 Å². The summed E-state index contributed by atoms with van der Waals surface area (Å²) in [5, 5.41) is 0. The smallest absolute Gasteiger partial charge is 0.311 e. The molecule has 1 heterocycles. The Morgan fingerprint density at radius 2 is 1.62 bits per heavy atom. The second kappa shape index (κ2) is 7.82. The number of imide groups is 1. The molecule has 6 nitrogen and oxygen atoms in total. The molecule has 0 bridgehead atoms. The van der Waals surface area contributed by atoms with Crippen LogP contribution in [0.3, 0.4) is 0 Å². The van der Waals surface area contributed by atoms with Crippen LogP contribution in [0.2, 0.25) is 0 Å². The Morgan fingerprint density at radius 3 is 2.19 bits per heavy atom. The molecule has 6 heteroatoms. The van der Waals surface area contributed by atoms with Crippen LogP contribution in [-0.2, 0) is 16.0 Å². The largest absolute Gasteiger partial charge is 0.327 e. The summed E-state index contributed by atoms with van der Waals surface area (Å²) in [4.78, 5) is 40.6. The molecule has 1 aliphatic rings. The number of benzene rings is 2. The van der Waals surface area contributed by atoms with E-state index in [9.17, 15) is 14.4 Å². The molecule has 4 amide bonds. The lowest BCUT2D eigenvalue weighted by Crippen LogP contribution is -2.42. The maximum atomic E-state index is 12.9. The maximum Gasteiger partial charge on any atom is 0.327 e. The molecule has 0 aliphatic carbocycles. The molecule has 134 valence electrons. The van der Waals surface area contributed by atoms with E-state index in [0.29, 0.717) is 13.0 Å². The van der Waals surface area contributed by atoms with Crippen LogP contribution in [0.15, 0.2) is 60.7 Å². The number of rotatable bonds is 6. The molecule has 1 aliphatic heterocycles. The van der Waals surface area contributed by atoms with E-state index in [1.807, 2.05) is 60.7 Å². The molecule has 1 saturated heterocycles. The third-order valence-corrected chi connectivity index (χ3v) is 4.42. The van der Waals surface area contributed by atoms with Gasteiger partial charge in [-0.2, -0.15) is 0 Å². The molecule has 0 saturated carbocycles. The summed E-state index contributed by atoms with van der Waals surface area (Å²) in [7, 11) is 1.43. The lowest BCUT2D eigenvalue weighted by molar-refractivity contribution is -0.124. The van der Waals surface area contributed by atoms with Gasteiger partial charge in [0.15, 0.2) is 0 Å². The van der Waals surface area contributed by atoms with Gasteiger partial charge in [-0.15, -0.1) is 0 Å². The minimum Gasteiger partial charge on any atom is -0.311 e. The van der Waals surface area contributed by atoms with E-state index in [-0.39, 0.29) is 24.9 Å². The summed E-state index contributed by atoms with van der Waals surface area (Å²) < 4.78 is 0. The summed E-state index contributed by atoms with van der Waals surface area (Å²) in [5.74, 6) is -0.498. The van der Waals surface area contributed by atoms with Crippen molar-refractivity contribution in [2.75, 3.05) is 31.6 Å². The molecule has 3 rings (SSSR count). The van der Waals surface area contributed by atoms with E-state index in [2.05, 4.69) is 0 Å². The van der Waals surface area contributed by atoms with Gasteiger partial charge in [0.1, 0.15) is 13.1 Å². The number of carbonyl (C=O) groups is 3. The van der Waals surface area contributed by atoms with E-state index >= 15 is 0 Å². The monoisotopic (exact) mass is 351 g/mol. The average molecular weight is 351 g/mol. The van der Waals surface area contributed by atoms with Crippen molar-refractivity contribution in [2.45, 2.75) is 6.42 Å². The summed E-state index contributed by atoms with van der Waals surface area (Å²) in [6.45, 7) is 0.333. The highest BCUT2D eigenvalue weighted by Crippen LogP contribution is 2.16. The molecule has 0 spiro atoms. The lowest BCUT2D eigenvalue weighted by atomic mass is 10.1. The standard InChI is InChI=1S/C20H21N3O3/c1-21-18(24)14-22(20(21)26)15-19(25)23(17-10-6-3-7-11-17)13-12-16-8-4-2-5-9-16/h2-11H,12-15H2,1H3. The molecule has 2 aromatic rings. The molecule has 0 N–H and O–H groups in total. The van der Waals surface area contributed by atoms with Gasteiger partial charge in [-0.25, -0.2) is 4.79 Å². The minimum atomic E-state index is -0.431. The Kier molecular flexibility index (Phi) is 5.31. The molecule has 0 aromatic heterocycles. The number of amides is 4. The third-order valence-electron chi connectivity index (χ3n) is 4.42. The van der Waals surface area contributed by atoms with Crippen LogP contribution in [0.5, 0.6) is 0 Å². The Hall–Kier alpha value is -3.15. The molecular formula is C20H21N3O3. The van der Waals surface area contributed by atoms with E-state index < -0.39 is 6.03 Å². The van der Waals surface area contributed by atoms with Crippen LogP contribution < -0.4 is 4.90 Å². The van der Waals surface area contributed by atoms with Crippen LogP contribution in [0.1, 0.15) is 5.56 Å². The zero-order valence-corrected chi connectivity index (χ0v) is 14.7. The zero-order chi connectivity index (χ0) is 18.5. The predicted octanol–water partition coefficient (Wildman–Crippen LogP) is 2.16. The quantitative estimate of drug-likeness (QED) is 0.749. The molecule has 1 fully saturated rings. The van der Waals surface area contributed by atoms with E-state index in [1.165, 1.54) is 11.9 Å². The first-order valence-corrected chi connectivity index (χ1v) is 8.51. The molecule has 26 heavy (non-hydrogen) atoms. The van der Waals surface area contributed by atoms with Crippen molar-refractivity contribution in [3.05, 3.63) is 66.2 Å². The summed E-state index contributed by atoms with van der Waals surface area (Å²) >= 11 is 0. The van der Waals surface area contributed by atoms with Gasteiger partial charge in [-0.3, -0.25) is 14.5 Å². The van der Waals surface area contributed by atoms with Gasteiger partial charge in [0.2, 0.25) is 11.8 Å². The normalized spacial score (nSPS) is 14.0. The zero-order valence-electron chi connectivity index (χ0n) is 14.7. The molecule has 0 radical (unpaired) electrons. The summed E-state index contributed by atoms with van der Waals surface area (Å²) in [6.07, 6.45) is 0.703. The second-order valence-electron chi connectivity index (χ2n) is 6.21. The van der Waals surface area contributed by atoms with Crippen LogP contribution in [-0.4, -0.2) is 54.3 Å². The van der Waals surface area contributed by atoms with Crippen LogP contribution in [0.4, 0.5) is 10.5 Å². The molecular weight excluding hydrogens is 330 g/mol.